The zero-order valence-electron chi connectivity index (χ0n) is 10.2. The van der Waals surface area contributed by atoms with E-state index in [1.807, 2.05) is 0 Å². The molecule has 0 bridgehead atoms. The molecule has 0 aliphatic heterocycles. The largest absolute Gasteiger partial charge is 0.419 e. The van der Waals surface area contributed by atoms with Crippen LogP contribution in [0.2, 0.25) is 0 Å². The zero-order chi connectivity index (χ0) is 16.8. The second-order valence-electron chi connectivity index (χ2n) is 4.16. The monoisotopic (exact) mass is 324 g/mol. The molecule has 0 unspecified atom stereocenters. The van der Waals surface area contributed by atoms with E-state index >= 15 is 0 Å². The molecule has 0 heterocycles. The summed E-state index contributed by atoms with van der Waals surface area (Å²) < 4.78 is 93.7. The van der Waals surface area contributed by atoms with Crippen molar-refractivity contribution in [3.8, 4) is 0 Å². The van der Waals surface area contributed by atoms with Crippen molar-refractivity contribution in [2.75, 3.05) is 0 Å². The van der Waals surface area contributed by atoms with Crippen molar-refractivity contribution in [1.29, 1.82) is 0 Å². The van der Waals surface area contributed by atoms with Gasteiger partial charge in [-0.25, -0.2) is 17.6 Å². The van der Waals surface area contributed by atoms with Crippen LogP contribution in [0.25, 0.3) is 10.8 Å². The fourth-order valence-electron chi connectivity index (χ4n) is 2.02. The Kier molecular flexibility index (Phi) is 3.68. The van der Waals surface area contributed by atoms with Gasteiger partial charge in [-0.1, -0.05) is 0 Å². The molecule has 116 valence electrons. The Morgan fingerprint density at radius 1 is 0.818 bits per heavy atom. The number of hydrogen-bond donors (Lipinski definition) is 0. The minimum absolute atomic E-state index is 0.0964. The molecule has 9 heteroatoms. The van der Waals surface area contributed by atoms with Gasteiger partial charge >= 0.3 is 6.18 Å². The molecule has 0 radical (unpaired) electrons. The minimum Gasteiger partial charge on any atom is -0.298 e. The Balaban J connectivity index is 3.22. The lowest BCUT2D eigenvalue weighted by Crippen LogP contribution is -2.15. The van der Waals surface area contributed by atoms with Crippen LogP contribution < -0.4 is 0 Å². The van der Waals surface area contributed by atoms with E-state index in [1.54, 1.807) is 0 Å². The standard InChI is InChI=1S/C13H3F7O2/c14-7-1-4-8(11(16)5(7)2-21)9(13(18,19)20)12(17)6(3-22)10(4)15/h1-3H. The topological polar surface area (TPSA) is 34.1 Å². The molecule has 0 aliphatic carbocycles. The molecule has 0 spiro atoms. The van der Waals surface area contributed by atoms with Gasteiger partial charge in [-0.2, -0.15) is 13.2 Å². The summed E-state index contributed by atoms with van der Waals surface area (Å²) in [6, 6.07) is 0.0964. The van der Waals surface area contributed by atoms with Gasteiger partial charge in [0, 0.05) is 10.8 Å². The normalized spacial score (nSPS) is 11.8. The average molecular weight is 324 g/mol. The van der Waals surface area contributed by atoms with Crippen molar-refractivity contribution in [3.05, 3.63) is 46.0 Å². The average Bonchev–Trinajstić information content (AvgIpc) is 2.40. The first-order chi connectivity index (χ1) is 10.1. The van der Waals surface area contributed by atoms with Crippen LogP contribution in [-0.2, 0) is 6.18 Å². The number of hydrogen-bond acceptors (Lipinski definition) is 2. The fourth-order valence-corrected chi connectivity index (χ4v) is 2.02. The quantitative estimate of drug-likeness (QED) is 0.617. The van der Waals surface area contributed by atoms with Crippen LogP contribution in [0, 0.1) is 23.3 Å². The van der Waals surface area contributed by atoms with Crippen LogP contribution in [0.4, 0.5) is 30.7 Å². The van der Waals surface area contributed by atoms with Crippen LogP contribution in [0.1, 0.15) is 26.3 Å². The van der Waals surface area contributed by atoms with Crippen LogP contribution in [0.3, 0.4) is 0 Å². The number of fused-ring (bicyclic) bond motifs is 1. The maximum Gasteiger partial charge on any atom is 0.419 e. The molecule has 2 rings (SSSR count). The van der Waals surface area contributed by atoms with E-state index in [-0.39, 0.29) is 6.07 Å². The number of alkyl halides is 3. The van der Waals surface area contributed by atoms with Crippen LogP contribution in [0.5, 0.6) is 0 Å². The number of carbonyl (C=O) groups is 2. The lowest BCUT2D eigenvalue weighted by atomic mass is 9.96. The maximum absolute atomic E-state index is 13.9. The molecule has 0 fully saturated rings. The van der Waals surface area contributed by atoms with Crippen molar-refractivity contribution < 1.29 is 40.3 Å². The first-order valence-electron chi connectivity index (χ1n) is 5.45. The number of halogens is 7. The van der Waals surface area contributed by atoms with Gasteiger partial charge in [0.05, 0.1) is 11.1 Å². The Morgan fingerprint density at radius 2 is 1.36 bits per heavy atom. The highest BCUT2D eigenvalue weighted by Crippen LogP contribution is 2.41. The summed E-state index contributed by atoms with van der Waals surface area (Å²) in [5.41, 5.74) is -5.31. The van der Waals surface area contributed by atoms with Crippen molar-refractivity contribution in [3.63, 3.8) is 0 Å². The third-order valence-corrected chi connectivity index (χ3v) is 2.95. The smallest absolute Gasteiger partial charge is 0.298 e. The van der Waals surface area contributed by atoms with Gasteiger partial charge in [-0.15, -0.1) is 0 Å². The highest BCUT2D eigenvalue weighted by atomic mass is 19.4. The van der Waals surface area contributed by atoms with Gasteiger partial charge in [0.15, 0.2) is 12.6 Å². The van der Waals surface area contributed by atoms with Crippen molar-refractivity contribution in [2.45, 2.75) is 6.18 Å². The lowest BCUT2D eigenvalue weighted by molar-refractivity contribution is -0.138. The van der Waals surface area contributed by atoms with Gasteiger partial charge in [-0.05, 0) is 6.07 Å². The van der Waals surface area contributed by atoms with Crippen molar-refractivity contribution in [2.24, 2.45) is 0 Å². The summed E-state index contributed by atoms with van der Waals surface area (Å²) in [6.07, 6.45) is -6.47. The van der Waals surface area contributed by atoms with Gasteiger partial charge in [0.2, 0.25) is 0 Å². The van der Waals surface area contributed by atoms with E-state index in [0.29, 0.717) is 0 Å². The summed E-state index contributed by atoms with van der Waals surface area (Å²) >= 11 is 0. The summed E-state index contributed by atoms with van der Waals surface area (Å²) in [5.74, 6) is -7.90. The molecular formula is C13H3F7O2. The van der Waals surface area contributed by atoms with Crippen molar-refractivity contribution >= 4 is 23.3 Å². The maximum atomic E-state index is 13.9. The number of benzene rings is 2. The predicted molar refractivity (Wildman–Crippen MR) is 59.6 cm³/mol. The van der Waals surface area contributed by atoms with Gasteiger partial charge in [0.1, 0.15) is 28.8 Å². The predicted octanol–water partition coefficient (Wildman–Crippen LogP) is 4.04. The summed E-state index contributed by atoms with van der Waals surface area (Å²) in [4.78, 5) is 21.1. The summed E-state index contributed by atoms with van der Waals surface area (Å²) in [7, 11) is 0. The highest BCUT2D eigenvalue weighted by Gasteiger charge is 2.40. The van der Waals surface area contributed by atoms with Gasteiger partial charge in [-0.3, -0.25) is 9.59 Å². The molecule has 2 nitrogen and oxygen atoms in total. The first kappa shape index (κ1) is 15.9. The van der Waals surface area contributed by atoms with E-state index in [2.05, 4.69) is 0 Å². The molecule has 0 saturated carbocycles. The molecule has 2 aromatic rings. The molecule has 0 saturated heterocycles. The van der Waals surface area contributed by atoms with Crippen LogP contribution in [-0.4, -0.2) is 12.6 Å². The molecule has 22 heavy (non-hydrogen) atoms. The van der Waals surface area contributed by atoms with E-state index in [1.165, 1.54) is 0 Å². The second kappa shape index (κ2) is 5.08. The second-order valence-corrected chi connectivity index (χ2v) is 4.16. The third-order valence-electron chi connectivity index (χ3n) is 2.95. The highest BCUT2D eigenvalue weighted by molar-refractivity contribution is 5.96. The van der Waals surface area contributed by atoms with E-state index in [0.717, 1.165) is 0 Å². The molecule has 0 amide bonds. The summed E-state index contributed by atoms with van der Waals surface area (Å²) in [6.45, 7) is 0. The minimum atomic E-state index is -5.51. The Bertz CT molecular complexity index is 809. The molecular weight excluding hydrogens is 321 g/mol. The van der Waals surface area contributed by atoms with E-state index in [4.69, 9.17) is 0 Å². The summed E-state index contributed by atoms with van der Waals surface area (Å²) in [5, 5.41) is -2.95. The number of carbonyl (C=O) groups excluding carboxylic acids is 2. The van der Waals surface area contributed by atoms with E-state index < -0.39 is 69.5 Å². The molecule has 0 atom stereocenters. The lowest BCUT2D eigenvalue weighted by Gasteiger charge is -2.15. The Hall–Kier alpha value is -2.45. The Morgan fingerprint density at radius 3 is 1.82 bits per heavy atom. The van der Waals surface area contributed by atoms with Gasteiger partial charge in [0.25, 0.3) is 0 Å². The van der Waals surface area contributed by atoms with Gasteiger partial charge < -0.3 is 0 Å². The molecule has 0 aliphatic rings. The number of aldehydes is 2. The van der Waals surface area contributed by atoms with Crippen LogP contribution in [0.15, 0.2) is 6.07 Å². The fraction of sp³-hybridized carbons (Fsp3) is 0.0769. The molecule has 0 N–H and O–H groups in total. The van der Waals surface area contributed by atoms with Crippen molar-refractivity contribution in [1.82, 2.24) is 0 Å². The SMILES string of the molecule is O=Cc1c(F)c(C(F)(F)F)c2c(F)c(C=O)c(F)cc2c1F. The molecule has 0 aromatic heterocycles. The van der Waals surface area contributed by atoms with E-state index in [9.17, 15) is 40.3 Å². The van der Waals surface area contributed by atoms with Crippen LogP contribution >= 0.6 is 0 Å². The molecule has 2 aromatic carbocycles. The first-order valence-corrected chi connectivity index (χ1v) is 5.45. The number of rotatable bonds is 2. The third kappa shape index (κ3) is 2.13. The Labute approximate surface area is 117 Å². The zero-order valence-corrected chi connectivity index (χ0v) is 10.2.